The fraction of sp³-hybridized carbons (Fsp3) is 0.200. The second-order valence-electron chi connectivity index (χ2n) is 8.11. The third kappa shape index (κ3) is 6.94. The summed E-state index contributed by atoms with van der Waals surface area (Å²) >= 11 is 12.2. The number of rotatable bonds is 10. The molecule has 0 amide bonds. The van der Waals surface area contributed by atoms with Gasteiger partial charge in [-0.1, -0.05) is 47.5 Å². The molecule has 0 fully saturated rings. The van der Waals surface area contributed by atoms with E-state index < -0.39 is 0 Å². The average Bonchev–Trinajstić information content (AvgIpc) is 2.85. The zero-order chi connectivity index (χ0) is 24.6. The van der Waals surface area contributed by atoms with Crippen LogP contribution in [0.2, 0.25) is 10.0 Å². The topological polar surface area (TPSA) is 27.7 Å². The molecule has 4 aromatic carbocycles. The number of hydrogen-bond donors (Lipinski definition) is 0. The molecule has 0 spiro atoms. The number of ether oxygens (including phenoxy) is 3. The lowest BCUT2D eigenvalue weighted by atomic mass is 10.0. The van der Waals surface area contributed by atoms with Gasteiger partial charge >= 0.3 is 0 Å². The molecule has 0 aliphatic heterocycles. The van der Waals surface area contributed by atoms with Crippen LogP contribution in [0.3, 0.4) is 0 Å². The molecule has 0 aliphatic carbocycles. The minimum Gasteiger partial charge on any atom is -0.494 e. The van der Waals surface area contributed by atoms with Crippen molar-refractivity contribution in [3.05, 3.63) is 117 Å². The van der Waals surface area contributed by atoms with Crippen molar-refractivity contribution in [2.45, 2.75) is 26.7 Å². The van der Waals surface area contributed by atoms with E-state index in [0.717, 1.165) is 55.3 Å². The van der Waals surface area contributed by atoms with Gasteiger partial charge < -0.3 is 14.2 Å². The summed E-state index contributed by atoms with van der Waals surface area (Å²) in [5.74, 6) is 3.20. The van der Waals surface area contributed by atoms with Crippen LogP contribution >= 0.6 is 23.2 Å². The Morgan fingerprint density at radius 1 is 0.543 bits per heavy atom. The summed E-state index contributed by atoms with van der Waals surface area (Å²) in [4.78, 5) is 0. The van der Waals surface area contributed by atoms with Crippen molar-refractivity contribution in [1.82, 2.24) is 0 Å². The molecule has 0 atom stereocenters. The van der Waals surface area contributed by atoms with Gasteiger partial charge in [0.25, 0.3) is 0 Å². The van der Waals surface area contributed by atoms with Crippen molar-refractivity contribution in [2.75, 3.05) is 13.2 Å². The Labute approximate surface area is 217 Å². The maximum atomic E-state index is 6.54. The fourth-order valence-corrected chi connectivity index (χ4v) is 4.11. The molecule has 35 heavy (non-hydrogen) atoms. The highest BCUT2D eigenvalue weighted by Gasteiger charge is 2.13. The van der Waals surface area contributed by atoms with Crippen molar-refractivity contribution < 1.29 is 14.2 Å². The van der Waals surface area contributed by atoms with E-state index in [0.29, 0.717) is 26.1 Å². The van der Waals surface area contributed by atoms with Crippen molar-refractivity contribution >= 4 is 23.2 Å². The molecule has 0 aliphatic rings. The van der Waals surface area contributed by atoms with Gasteiger partial charge in [0.1, 0.15) is 23.0 Å². The summed E-state index contributed by atoms with van der Waals surface area (Å²) in [5.41, 5.74) is 4.34. The first kappa shape index (κ1) is 25.0. The summed E-state index contributed by atoms with van der Waals surface area (Å²) in [6.07, 6.45) is 1.38. The molecule has 0 bridgehead atoms. The third-order valence-corrected chi connectivity index (χ3v) is 6.03. The van der Waals surface area contributed by atoms with Crippen LogP contribution in [0.25, 0.3) is 0 Å². The van der Waals surface area contributed by atoms with Gasteiger partial charge in [-0.2, -0.15) is 0 Å². The Kier molecular flexibility index (Phi) is 8.57. The first-order chi connectivity index (χ1) is 17.0. The van der Waals surface area contributed by atoms with Crippen molar-refractivity contribution in [3.63, 3.8) is 0 Å². The summed E-state index contributed by atoms with van der Waals surface area (Å²) in [6, 6.07) is 27.6. The zero-order valence-electron chi connectivity index (χ0n) is 19.9. The van der Waals surface area contributed by atoms with Gasteiger partial charge in [0.15, 0.2) is 0 Å². The van der Waals surface area contributed by atoms with Gasteiger partial charge in [-0.3, -0.25) is 0 Å². The molecular weight excluding hydrogens is 479 g/mol. The second kappa shape index (κ2) is 12.0. The van der Waals surface area contributed by atoms with Crippen LogP contribution in [-0.2, 0) is 12.8 Å². The average molecular weight is 507 g/mol. The molecule has 0 saturated carbocycles. The molecule has 5 heteroatoms. The number of hydrogen-bond acceptors (Lipinski definition) is 3. The van der Waals surface area contributed by atoms with Crippen LogP contribution in [0.15, 0.2) is 84.9 Å². The van der Waals surface area contributed by atoms with Gasteiger partial charge in [0.05, 0.1) is 13.2 Å². The van der Waals surface area contributed by atoms with E-state index in [4.69, 9.17) is 37.4 Å². The molecular formula is C30H28Cl2O3. The Morgan fingerprint density at radius 3 is 1.31 bits per heavy atom. The normalized spacial score (nSPS) is 10.7. The minimum atomic E-state index is 0.602. The number of benzene rings is 4. The van der Waals surface area contributed by atoms with Gasteiger partial charge in [0.2, 0.25) is 0 Å². The maximum absolute atomic E-state index is 6.54. The van der Waals surface area contributed by atoms with Crippen LogP contribution in [0, 0.1) is 0 Å². The zero-order valence-corrected chi connectivity index (χ0v) is 21.4. The summed E-state index contributed by atoms with van der Waals surface area (Å²) in [7, 11) is 0. The lowest BCUT2D eigenvalue weighted by molar-refractivity contribution is 0.338. The predicted octanol–water partition coefficient (Wildman–Crippen LogP) is 8.76. The van der Waals surface area contributed by atoms with E-state index in [1.807, 2.05) is 98.8 Å². The smallest absolute Gasteiger partial charge is 0.131 e. The SMILES string of the molecule is CCOc1ccc(Oc2ccc(OCC)cc2Cc2ccc(Cl)cc2)c(Cc2ccc(Cl)cc2)c1. The highest BCUT2D eigenvalue weighted by molar-refractivity contribution is 6.30. The van der Waals surface area contributed by atoms with Crippen LogP contribution in [0.4, 0.5) is 0 Å². The maximum Gasteiger partial charge on any atom is 0.131 e. The van der Waals surface area contributed by atoms with Crippen LogP contribution < -0.4 is 14.2 Å². The standard InChI is InChI=1S/C30H28Cl2O3/c1-3-33-27-13-15-29(23(19-27)17-21-5-9-25(31)10-6-21)35-30-16-14-28(34-4-2)20-24(30)18-22-7-11-26(32)12-8-22/h5-16,19-20H,3-4,17-18H2,1-2H3. The van der Waals surface area contributed by atoms with Gasteiger partial charge in [-0.25, -0.2) is 0 Å². The Hall–Kier alpha value is -3.14. The predicted molar refractivity (Wildman–Crippen MR) is 144 cm³/mol. The molecule has 0 heterocycles. The monoisotopic (exact) mass is 506 g/mol. The Balaban J connectivity index is 1.68. The van der Waals surface area contributed by atoms with Crippen LogP contribution in [0.1, 0.15) is 36.1 Å². The van der Waals surface area contributed by atoms with Gasteiger partial charge in [-0.05, 0) is 85.6 Å². The largest absolute Gasteiger partial charge is 0.494 e. The fourth-order valence-electron chi connectivity index (χ4n) is 3.86. The van der Waals surface area contributed by atoms with Crippen molar-refractivity contribution in [3.8, 4) is 23.0 Å². The summed E-state index contributed by atoms with van der Waals surface area (Å²) in [6.45, 7) is 5.16. The van der Waals surface area contributed by atoms with Crippen LogP contribution in [0.5, 0.6) is 23.0 Å². The quantitative estimate of drug-likeness (QED) is 0.215. The van der Waals surface area contributed by atoms with E-state index >= 15 is 0 Å². The van der Waals surface area contributed by atoms with Gasteiger partial charge in [0, 0.05) is 34.0 Å². The van der Waals surface area contributed by atoms with Crippen LogP contribution in [-0.4, -0.2) is 13.2 Å². The Bertz CT molecular complexity index is 1150. The molecule has 180 valence electrons. The molecule has 0 aromatic heterocycles. The highest BCUT2D eigenvalue weighted by atomic mass is 35.5. The van der Waals surface area contributed by atoms with E-state index in [-0.39, 0.29) is 0 Å². The lowest BCUT2D eigenvalue weighted by Crippen LogP contribution is -2.00. The molecule has 4 aromatic rings. The first-order valence-electron chi connectivity index (χ1n) is 11.7. The lowest BCUT2D eigenvalue weighted by Gasteiger charge is -2.17. The molecule has 0 unspecified atom stereocenters. The van der Waals surface area contributed by atoms with Crippen molar-refractivity contribution in [2.24, 2.45) is 0 Å². The van der Waals surface area contributed by atoms with Gasteiger partial charge in [-0.15, -0.1) is 0 Å². The van der Waals surface area contributed by atoms with E-state index in [1.54, 1.807) is 0 Å². The number of halogens is 2. The van der Waals surface area contributed by atoms with E-state index in [2.05, 4.69) is 0 Å². The molecule has 4 rings (SSSR count). The molecule has 0 N–H and O–H groups in total. The van der Waals surface area contributed by atoms with E-state index in [9.17, 15) is 0 Å². The summed E-state index contributed by atoms with van der Waals surface area (Å²) < 4.78 is 18.1. The summed E-state index contributed by atoms with van der Waals surface area (Å²) in [5, 5.41) is 1.43. The third-order valence-electron chi connectivity index (χ3n) is 5.52. The molecule has 0 saturated heterocycles. The van der Waals surface area contributed by atoms with Crippen molar-refractivity contribution in [1.29, 1.82) is 0 Å². The second-order valence-corrected chi connectivity index (χ2v) is 8.99. The highest BCUT2D eigenvalue weighted by Crippen LogP contribution is 2.35. The van der Waals surface area contributed by atoms with E-state index in [1.165, 1.54) is 0 Å². The Morgan fingerprint density at radius 2 is 0.943 bits per heavy atom. The minimum absolute atomic E-state index is 0.602. The molecule has 3 nitrogen and oxygen atoms in total. The first-order valence-corrected chi connectivity index (χ1v) is 12.5. The molecule has 0 radical (unpaired) electrons.